The second-order valence-electron chi connectivity index (χ2n) is 4.27. The van der Waals surface area contributed by atoms with Crippen molar-refractivity contribution in [2.75, 3.05) is 10.5 Å². The van der Waals surface area contributed by atoms with Crippen molar-refractivity contribution in [2.45, 2.75) is 4.90 Å². The van der Waals surface area contributed by atoms with E-state index < -0.39 is 10.0 Å². The summed E-state index contributed by atoms with van der Waals surface area (Å²) in [6.45, 7) is 0. The SMILES string of the molecule is Nc1cc(Cl)ccc1S(=O)(=O)Nc1nc2ccccc2s1. The van der Waals surface area contributed by atoms with Gasteiger partial charge >= 0.3 is 0 Å². The lowest BCUT2D eigenvalue weighted by atomic mass is 10.3. The van der Waals surface area contributed by atoms with Crippen molar-refractivity contribution in [3.8, 4) is 0 Å². The van der Waals surface area contributed by atoms with Crippen LogP contribution in [-0.2, 0) is 10.0 Å². The first-order chi connectivity index (χ1) is 9.95. The van der Waals surface area contributed by atoms with Gasteiger partial charge < -0.3 is 5.73 Å². The highest BCUT2D eigenvalue weighted by molar-refractivity contribution is 7.93. The number of thiazole rings is 1. The van der Waals surface area contributed by atoms with Crippen molar-refractivity contribution in [3.63, 3.8) is 0 Å². The topological polar surface area (TPSA) is 85.1 Å². The van der Waals surface area contributed by atoms with Crippen LogP contribution in [0.1, 0.15) is 0 Å². The molecule has 0 amide bonds. The molecule has 0 bridgehead atoms. The molecule has 21 heavy (non-hydrogen) atoms. The maximum Gasteiger partial charge on any atom is 0.265 e. The molecule has 1 aromatic heterocycles. The van der Waals surface area contributed by atoms with Crippen LogP contribution in [0.4, 0.5) is 10.8 Å². The summed E-state index contributed by atoms with van der Waals surface area (Å²) >= 11 is 7.03. The van der Waals surface area contributed by atoms with Crippen LogP contribution in [0.5, 0.6) is 0 Å². The minimum absolute atomic E-state index is 0.0221. The molecule has 0 saturated carbocycles. The summed E-state index contributed by atoms with van der Waals surface area (Å²) in [7, 11) is -3.79. The monoisotopic (exact) mass is 339 g/mol. The molecule has 3 N–H and O–H groups in total. The molecule has 5 nitrogen and oxygen atoms in total. The van der Waals surface area contributed by atoms with Gasteiger partial charge in [-0.2, -0.15) is 0 Å². The fourth-order valence-corrected chi connectivity index (χ4v) is 4.25. The standard InChI is InChI=1S/C13H10ClN3O2S2/c14-8-5-6-12(9(15)7-8)21(18,19)17-13-16-10-3-1-2-4-11(10)20-13/h1-7H,15H2,(H,16,17). The van der Waals surface area contributed by atoms with E-state index in [4.69, 9.17) is 17.3 Å². The summed E-state index contributed by atoms with van der Waals surface area (Å²) in [6.07, 6.45) is 0. The number of fused-ring (bicyclic) bond motifs is 1. The molecule has 2 aromatic carbocycles. The van der Waals surface area contributed by atoms with Gasteiger partial charge in [0.2, 0.25) is 0 Å². The number of nitrogen functional groups attached to an aromatic ring is 1. The van der Waals surface area contributed by atoms with Crippen LogP contribution >= 0.6 is 22.9 Å². The number of nitrogens with one attached hydrogen (secondary N) is 1. The lowest BCUT2D eigenvalue weighted by Gasteiger charge is -2.07. The lowest BCUT2D eigenvalue weighted by Crippen LogP contribution is -2.14. The van der Waals surface area contributed by atoms with E-state index >= 15 is 0 Å². The van der Waals surface area contributed by atoms with Gasteiger partial charge in [-0.1, -0.05) is 35.1 Å². The van der Waals surface area contributed by atoms with Crippen LogP contribution in [0.15, 0.2) is 47.4 Å². The Morgan fingerprint density at radius 3 is 2.67 bits per heavy atom. The first-order valence-corrected chi connectivity index (χ1v) is 8.57. The average Bonchev–Trinajstić information content (AvgIpc) is 2.79. The molecule has 0 aliphatic carbocycles. The second kappa shape index (κ2) is 5.18. The molecule has 0 fully saturated rings. The third kappa shape index (κ3) is 2.80. The van der Waals surface area contributed by atoms with Gasteiger partial charge in [-0.05, 0) is 30.3 Å². The van der Waals surface area contributed by atoms with E-state index in [0.29, 0.717) is 10.2 Å². The number of hydrogen-bond acceptors (Lipinski definition) is 5. The van der Waals surface area contributed by atoms with Crippen LogP contribution < -0.4 is 10.5 Å². The zero-order valence-electron chi connectivity index (χ0n) is 10.6. The zero-order chi connectivity index (χ0) is 15.0. The number of rotatable bonds is 3. The first-order valence-electron chi connectivity index (χ1n) is 5.89. The summed E-state index contributed by atoms with van der Waals surface area (Å²) in [5.41, 5.74) is 6.55. The molecule has 0 aliphatic rings. The Morgan fingerprint density at radius 1 is 1.19 bits per heavy atom. The van der Waals surface area contributed by atoms with E-state index in [2.05, 4.69) is 9.71 Å². The summed E-state index contributed by atoms with van der Waals surface area (Å²) < 4.78 is 28.0. The minimum atomic E-state index is -3.79. The number of nitrogens with two attached hydrogens (primary N) is 1. The number of anilines is 2. The van der Waals surface area contributed by atoms with Crippen molar-refractivity contribution >= 4 is 54.0 Å². The van der Waals surface area contributed by atoms with E-state index in [1.807, 2.05) is 24.3 Å². The molecule has 0 atom stereocenters. The maximum atomic E-state index is 12.3. The fraction of sp³-hybridized carbons (Fsp3) is 0. The van der Waals surface area contributed by atoms with Gasteiger partial charge in [-0.15, -0.1) is 0 Å². The number of aromatic nitrogens is 1. The Labute approximate surface area is 130 Å². The van der Waals surface area contributed by atoms with Gasteiger partial charge in [0, 0.05) is 5.02 Å². The van der Waals surface area contributed by atoms with Crippen molar-refractivity contribution in [1.29, 1.82) is 0 Å². The molecule has 8 heteroatoms. The fourth-order valence-electron chi connectivity index (χ4n) is 1.85. The van der Waals surface area contributed by atoms with Gasteiger partial charge in [0.05, 0.1) is 15.9 Å². The third-order valence-corrected chi connectivity index (χ3v) is 5.51. The normalized spacial score (nSPS) is 11.7. The number of benzene rings is 2. The van der Waals surface area contributed by atoms with E-state index in [1.165, 1.54) is 29.5 Å². The molecule has 3 aromatic rings. The third-order valence-electron chi connectivity index (χ3n) is 2.78. The molecular formula is C13H10ClN3O2S2. The number of para-hydroxylation sites is 1. The van der Waals surface area contributed by atoms with Crippen molar-refractivity contribution in [1.82, 2.24) is 4.98 Å². The number of halogens is 1. The predicted octanol–water partition coefficient (Wildman–Crippen LogP) is 3.33. The smallest absolute Gasteiger partial charge is 0.265 e. The summed E-state index contributed by atoms with van der Waals surface area (Å²) in [5, 5.41) is 0.678. The Morgan fingerprint density at radius 2 is 1.95 bits per heavy atom. The first kappa shape index (κ1) is 14.1. The predicted molar refractivity (Wildman–Crippen MR) is 86.3 cm³/mol. The van der Waals surface area contributed by atoms with E-state index in [0.717, 1.165) is 10.2 Å². The molecule has 0 unspecified atom stereocenters. The van der Waals surface area contributed by atoms with Crippen LogP contribution in [0, 0.1) is 0 Å². The number of sulfonamides is 1. The van der Waals surface area contributed by atoms with E-state index in [9.17, 15) is 8.42 Å². The summed E-state index contributed by atoms with van der Waals surface area (Å²) in [5.74, 6) is 0. The highest BCUT2D eigenvalue weighted by atomic mass is 35.5. The van der Waals surface area contributed by atoms with Crippen molar-refractivity contribution < 1.29 is 8.42 Å². The molecule has 108 valence electrons. The summed E-state index contributed by atoms with van der Waals surface area (Å²) in [4.78, 5) is 4.21. The second-order valence-corrected chi connectivity index (χ2v) is 7.39. The van der Waals surface area contributed by atoms with E-state index in [1.54, 1.807) is 0 Å². The average molecular weight is 340 g/mol. The molecule has 0 saturated heterocycles. The zero-order valence-corrected chi connectivity index (χ0v) is 13.0. The Balaban J connectivity index is 1.99. The Hall–Kier alpha value is -1.83. The van der Waals surface area contributed by atoms with Crippen LogP contribution in [-0.4, -0.2) is 13.4 Å². The highest BCUT2D eigenvalue weighted by Gasteiger charge is 2.19. The maximum absolute atomic E-state index is 12.3. The molecular weight excluding hydrogens is 330 g/mol. The minimum Gasteiger partial charge on any atom is -0.398 e. The molecule has 0 radical (unpaired) electrons. The molecule has 3 rings (SSSR count). The molecule has 0 aliphatic heterocycles. The quantitative estimate of drug-likeness (QED) is 0.717. The van der Waals surface area contributed by atoms with Crippen molar-refractivity contribution in [3.05, 3.63) is 47.5 Å². The van der Waals surface area contributed by atoms with Gasteiger partial charge in [0.25, 0.3) is 10.0 Å². The van der Waals surface area contributed by atoms with Crippen LogP contribution in [0.2, 0.25) is 5.02 Å². The largest absolute Gasteiger partial charge is 0.398 e. The van der Waals surface area contributed by atoms with Gasteiger partial charge in [-0.3, -0.25) is 4.72 Å². The number of hydrogen-bond donors (Lipinski definition) is 2. The van der Waals surface area contributed by atoms with Crippen LogP contribution in [0.3, 0.4) is 0 Å². The highest BCUT2D eigenvalue weighted by Crippen LogP contribution is 2.29. The van der Waals surface area contributed by atoms with Crippen molar-refractivity contribution in [2.24, 2.45) is 0 Å². The Kier molecular flexibility index (Phi) is 3.48. The van der Waals surface area contributed by atoms with Gasteiger partial charge in [0.15, 0.2) is 5.13 Å². The van der Waals surface area contributed by atoms with Gasteiger partial charge in [-0.25, -0.2) is 13.4 Å². The van der Waals surface area contributed by atoms with Gasteiger partial charge in [0.1, 0.15) is 4.90 Å². The van der Waals surface area contributed by atoms with Crippen LogP contribution in [0.25, 0.3) is 10.2 Å². The van der Waals surface area contributed by atoms with E-state index in [-0.39, 0.29) is 10.6 Å². The lowest BCUT2D eigenvalue weighted by molar-refractivity contribution is 0.601. The molecule has 0 spiro atoms. The molecule has 1 heterocycles. The number of nitrogens with zero attached hydrogens (tertiary/aromatic N) is 1. The summed E-state index contributed by atoms with van der Waals surface area (Å²) in [6, 6.07) is 11.7. The Bertz CT molecular complexity index is 889.